The molecule has 27 heavy (non-hydrogen) atoms. The number of halogens is 3. The number of urea groups is 1. The maximum absolute atomic E-state index is 12.8. The molecule has 0 spiro atoms. The molecule has 3 rings (SSSR count). The molecule has 0 radical (unpaired) electrons. The number of aromatic nitrogens is 1. The van der Waals surface area contributed by atoms with Crippen molar-refractivity contribution in [3.63, 3.8) is 0 Å². The Bertz CT molecular complexity index is 868. The molecule has 2 amide bonds. The first-order chi connectivity index (χ1) is 12.8. The largest absolute Gasteiger partial charge is 0.433 e. The van der Waals surface area contributed by atoms with Crippen LogP contribution >= 0.6 is 0 Å². The molecule has 1 saturated carbocycles. The summed E-state index contributed by atoms with van der Waals surface area (Å²) >= 11 is 0. The first kappa shape index (κ1) is 18.7. The van der Waals surface area contributed by atoms with E-state index in [9.17, 15) is 18.0 Å². The van der Waals surface area contributed by atoms with Gasteiger partial charge in [0.05, 0.1) is 11.6 Å². The van der Waals surface area contributed by atoms with Crippen LogP contribution in [-0.2, 0) is 12.7 Å². The highest BCUT2D eigenvalue weighted by Crippen LogP contribution is 2.40. The number of benzene rings is 1. The number of nitrogens with zero attached hydrogens (tertiary/aromatic N) is 3. The van der Waals surface area contributed by atoms with E-state index in [-0.39, 0.29) is 18.5 Å². The molecule has 0 saturated heterocycles. The molecule has 2 N–H and O–H groups in total. The molecule has 1 fully saturated rings. The lowest BCUT2D eigenvalue weighted by molar-refractivity contribution is -0.141. The highest BCUT2D eigenvalue weighted by Gasteiger charge is 2.37. The van der Waals surface area contributed by atoms with Gasteiger partial charge in [-0.1, -0.05) is 12.1 Å². The summed E-state index contributed by atoms with van der Waals surface area (Å²) in [6.45, 7) is 0.00565. The Kier molecular flexibility index (Phi) is 5.04. The van der Waals surface area contributed by atoms with E-state index >= 15 is 0 Å². The molecule has 1 aliphatic rings. The Balaban J connectivity index is 1.67. The topological polar surface area (TPSA) is 83.0 Å². The first-order valence-electron chi connectivity index (χ1n) is 8.36. The number of hydrogen-bond acceptors (Lipinski definition) is 3. The number of rotatable bonds is 4. The molecule has 5 nitrogen and oxygen atoms in total. The van der Waals surface area contributed by atoms with Gasteiger partial charge in [0.1, 0.15) is 5.69 Å². The number of carbonyl (C=O) groups excluding carboxylic acids is 1. The average molecular weight is 374 g/mol. The number of nitrogens with two attached hydrogens (primary N) is 1. The van der Waals surface area contributed by atoms with Crippen molar-refractivity contribution in [1.82, 2.24) is 9.88 Å². The summed E-state index contributed by atoms with van der Waals surface area (Å²) in [5.41, 5.74) is 6.44. The van der Waals surface area contributed by atoms with Gasteiger partial charge in [-0.3, -0.25) is 4.98 Å². The van der Waals surface area contributed by atoms with E-state index in [1.807, 2.05) is 12.1 Å². The molecule has 0 aliphatic heterocycles. The van der Waals surface area contributed by atoms with Crippen molar-refractivity contribution >= 4 is 6.03 Å². The van der Waals surface area contributed by atoms with Crippen LogP contribution in [0.15, 0.2) is 42.6 Å². The highest BCUT2D eigenvalue weighted by atomic mass is 19.4. The molecule has 2 aromatic rings. The summed E-state index contributed by atoms with van der Waals surface area (Å²) in [5.74, 6) is 0.229. The van der Waals surface area contributed by atoms with Crippen LogP contribution in [0.25, 0.3) is 0 Å². The van der Waals surface area contributed by atoms with Crippen molar-refractivity contribution in [3.8, 4) is 6.07 Å². The van der Waals surface area contributed by atoms with Crippen LogP contribution in [0.1, 0.15) is 41.1 Å². The molecule has 1 aromatic heterocycles. The SMILES string of the molecule is N#Cc1ccc(C2CC(N(Cc3ccnc(C(F)(F)F)c3)C(N)=O)C2)cc1. The number of alkyl halides is 3. The summed E-state index contributed by atoms with van der Waals surface area (Å²) in [6, 6.07) is 10.9. The van der Waals surface area contributed by atoms with E-state index < -0.39 is 17.9 Å². The summed E-state index contributed by atoms with van der Waals surface area (Å²) in [5, 5.41) is 8.84. The van der Waals surface area contributed by atoms with Gasteiger partial charge in [0.25, 0.3) is 0 Å². The van der Waals surface area contributed by atoms with Crippen LogP contribution in [-0.4, -0.2) is 22.0 Å². The van der Waals surface area contributed by atoms with Crippen molar-refractivity contribution < 1.29 is 18.0 Å². The lowest BCUT2D eigenvalue weighted by atomic mass is 9.75. The number of nitriles is 1. The quantitative estimate of drug-likeness (QED) is 0.884. The minimum absolute atomic E-state index is 0.00565. The maximum atomic E-state index is 12.8. The van der Waals surface area contributed by atoms with Crippen LogP contribution in [0.5, 0.6) is 0 Å². The van der Waals surface area contributed by atoms with Crippen LogP contribution < -0.4 is 5.73 Å². The Morgan fingerprint density at radius 1 is 1.26 bits per heavy atom. The Morgan fingerprint density at radius 3 is 2.48 bits per heavy atom. The van der Waals surface area contributed by atoms with Gasteiger partial charge in [-0.15, -0.1) is 0 Å². The van der Waals surface area contributed by atoms with E-state index in [2.05, 4.69) is 11.1 Å². The average Bonchev–Trinajstić information content (AvgIpc) is 2.59. The van der Waals surface area contributed by atoms with Gasteiger partial charge in [0.15, 0.2) is 0 Å². The van der Waals surface area contributed by atoms with Crippen molar-refractivity contribution in [2.24, 2.45) is 5.73 Å². The molecule has 8 heteroatoms. The van der Waals surface area contributed by atoms with Crippen molar-refractivity contribution in [3.05, 3.63) is 65.0 Å². The standard InChI is InChI=1S/C19H17F3N4O/c20-19(21,22)17-7-13(5-6-25-17)11-26(18(24)27)16-8-15(9-16)14-3-1-12(10-23)2-4-14/h1-7,15-16H,8-9,11H2,(H2,24,27). The van der Waals surface area contributed by atoms with E-state index in [0.717, 1.165) is 17.8 Å². The summed E-state index contributed by atoms with van der Waals surface area (Å²) in [7, 11) is 0. The van der Waals surface area contributed by atoms with Crippen LogP contribution in [0.3, 0.4) is 0 Å². The third kappa shape index (κ3) is 4.19. The second-order valence-corrected chi connectivity index (χ2v) is 6.57. The lowest BCUT2D eigenvalue weighted by Gasteiger charge is -2.42. The normalized spacial score (nSPS) is 19.0. The van der Waals surface area contributed by atoms with E-state index in [0.29, 0.717) is 24.0 Å². The van der Waals surface area contributed by atoms with Gasteiger partial charge < -0.3 is 10.6 Å². The molecule has 140 valence electrons. The van der Waals surface area contributed by atoms with Crippen molar-refractivity contribution in [2.75, 3.05) is 0 Å². The van der Waals surface area contributed by atoms with Gasteiger partial charge >= 0.3 is 12.2 Å². The molecule has 0 unspecified atom stereocenters. The Labute approximate surface area is 154 Å². The number of pyridine rings is 1. The second-order valence-electron chi connectivity index (χ2n) is 6.57. The van der Waals surface area contributed by atoms with Gasteiger partial charge in [-0.05, 0) is 54.2 Å². The smallest absolute Gasteiger partial charge is 0.351 e. The lowest BCUT2D eigenvalue weighted by Crippen LogP contribution is -2.48. The Hall–Kier alpha value is -3.08. The predicted molar refractivity (Wildman–Crippen MR) is 91.3 cm³/mol. The van der Waals surface area contributed by atoms with Crippen LogP contribution in [0, 0.1) is 11.3 Å². The molecule has 1 aliphatic carbocycles. The fourth-order valence-corrected chi connectivity index (χ4v) is 3.26. The summed E-state index contributed by atoms with van der Waals surface area (Å²) < 4.78 is 38.4. The number of primary amides is 1. The zero-order valence-corrected chi connectivity index (χ0v) is 14.3. The van der Waals surface area contributed by atoms with Gasteiger partial charge in [0, 0.05) is 18.8 Å². The minimum atomic E-state index is -4.54. The van der Waals surface area contributed by atoms with Crippen molar-refractivity contribution in [2.45, 2.75) is 37.5 Å². The monoisotopic (exact) mass is 374 g/mol. The highest BCUT2D eigenvalue weighted by molar-refractivity contribution is 5.72. The second kappa shape index (κ2) is 7.27. The summed E-state index contributed by atoms with van der Waals surface area (Å²) in [6.07, 6.45) is -2.11. The summed E-state index contributed by atoms with van der Waals surface area (Å²) in [4.78, 5) is 16.5. The molecule has 0 bridgehead atoms. The molecule has 1 heterocycles. The third-order valence-electron chi connectivity index (χ3n) is 4.82. The van der Waals surface area contributed by atoms with Crippen molar-refractivity contribution in [1.29, 1.82) is 5.26 Å². The minimum Gasteiger partial charge on any atom is -0.351 e. The first-order valence-corrected chi connectivity index (χ1v) is 8.36. The van der Waals surface area contributed by atoms with E-state index in [1.165, 1.54) is 11.0 Å². The molecule has 0 atom stereocenters. The fourth-order valence-electron chi connectivity index (χ4n) is 3.26. The van der Waals surface area contributed by atoms with Crippen LogP contribution in [0.4, 0.5) is 18.0 Å². The van der Waals surface area contributed by atoms with E-state index in [4.69, 9.17) is 11.0 Å². The number of amides is 2. The zero-order chi connectivity index (χ0) is 19.6. The third-order valence-corrected chi connectivity index (χ3v) is 4.82. The fraction of sp³-hybridized carbons (Fsp3) is 0.316. The van der Waals surface area contributed by atoms with Crippen LogP contribution in [0.2, 0.25) is 0 Å². The predicted octanol–water partition coefficient (Wildman–Crippen LogP) is 3.80. The zero-order valence-electron chi connectivity index (χ0n) is 14.3. The number of hydrogen-bond donors (Lipinski definition) is 1. The molecular formula is C19H17F3N4O. The number of carbonyl (C=O) groups is 1. The van der Waals surface area contributed by atoms with Gasteiger partial charge in [-0.2, -0.15) is 18.4 Å². The van der Waals surface area contributed by atoms with Gasteiger partial charge in [-0.25, -0.2) is 4.79 Å². The van der Waals surface area contributed by atoms with Gasteiger partial charge in [0.2, 0.25) is 0 Å². The van der Waals surface area contributed by atoms with E-state index in [1.54, 1.807) is 12.1 Å². The Morgan fingerprint density at radius 2 is 1.93 bits per heavy atom. The maximum Gasteiger partial charge on any atom is 0.433 e. The molecular weight excluding hydrogens is 357 g/mol. The molecule has 1 aromatic carbocycles.